The zero-order chi connectivity index (χ0) is 20.1. The van der Waals surface area contributed by atoms with E-state index in [0.717, 1.165) is 36.1 Å². The Hall–Kier alpha value is -3.28. The molecule has 5 nitrogen and oxygen atoms in total. The average Bonchev–Trinajstić information content (AvgIpc) is 2.78. The lowest BCUT2D eigenvalue weighted by molar-refractivity contribution is -0.125. The van der Waals surface area contributed by atoms with Gasteiger partial charge in [0.2, 0.25) is 11.9 Å². The summed E-state index contributed by atoms with van der Waals surface area (Å²) < 4.78 is 13.4. The minimum atomic E-state index is -0.285. The van der Waals surface area contributed by atoms with Crippen molar-refractivity contribution in [2.75, 3.05) is 18.0 Å². The van der Waals surface area contributed by atoms with Gasteiger partial charge in [-0.15, -0.1) is 0 Å². The maximum absolute atomic E-state index is 13.4. The van der Waals surface area contributed by atoms with Gasteiger partial charge >= 0.3 is 0 Å². The number of aromatic nitrogens is 2. The van der Waals surface area contributed by atoms with Gasteiger partial charge in [0.15, 0.2) is 0 Å². The number of benzene rings is 2. The lowest BCUT2D eigenvalue weighted by atomic mass is 9.97. The van der Waals surface area contributed by atoms with E-state index in [1.165, 1.54) is 12.1 Å². The fraction of sp³-hybridized carbons (Fsp3) is 0.261. The molecule has 148 valence electrons. The standard InChI is InChI=1S/C23H23FN4O/c24-21-10-4-8-18(12-21)20-14-26-23(27-15-20)28-11-5-9-19(16-28)22(29)25-13-17-6-2-1-3-7-17/h1-4,6-8,10,12,14-15,19H,5,9,11,13,16H2,(H,25,29). The van der Waals surface area contributed by atoms with Crippen LogP contribution in [0, 0.1) is 11.7 Å². The Balaban J connectivity index is 1.38. The summed E-state index contributed by atoms with van der Waals surface area (Å²) in [6, 6.07) is 16.3. The highest BCUT2D eigenvalue weighted by molar-refractivity contribution is 5.79. The van der Waals surface area contributed by atoms with Gasteiger partial charge in [-0.25, -0.2) is 14.4 Å². The van der Waals surface area contributed by atoms with E-state index in [4.69, 9.17) is 0 Å². The second kappa shape index (κ2) is 8.82. The van der Waals surface area contributed by atoms with Crippen molar-refractivity contribution in [1.29, 1.82) is 0 Å². The molecule has 1 aliphatic heterocycles. The molecule has 4 rings (SSSR count). The Morgan fingerprint density at radius 3 is 2.62 bits per heavy atom. The van der Waals surface area contributed by atoms with E-state index in [9.17, 15) is 9.18 Å². The quantitative estimate of drug-likeness (QED) is 0.720. The van der Waals surface area contributed by atoms with E-state index in [1.807, 2.05) is 41.3 Å². The number of nitrogens with zero attached hydrogens (tertiary/aromatic N) is 3. The second-order valence-corrected chi connectivity index (χ2v) is 7.27. The van der Waals surface area contributed by atoms with Gasteiger partial charge in [-0.1, -0.05) is 42.5 Å². The summed E-state index contributed by atoms with van der Waals surface area (Å²) in [6.07, 6.45) is 5.18. The zero-order valence-corrected chi connectivity index (χ0v) is 16.1. The Labute approximate surface area is 169 Å². The minimum Gasteiger partial charge on any atom is -0.352 e. The van der Waals surface area contributed by atoms with Crippen LogP contribution in [0.4, 0.5) is 10.3 Å². The van der Waals surface area contributed by atoms with Crippen LogP contribution < -0.4 is 10.2 Å². The van der Waals surface area contributed by atoms with Crippen molar-refractivity contribution < 1.29 is 9.18 Å². The summed E-state index contributed by atoms with van der Waals surface area (Å²) >= 11 is 0. The van der Waals surface area contributed by atoms with Crippen LogP contribution in [-0.2, 0) is 11.3 Å². The van der Waals surface area contributed by atoms with Gasteiger partial charge in [0.05, 0.1) is 5.92 Å². The molecule has 0 bridgehead atoms. The monoisotopic (exact) mass is 390 g/mol. The number of nitrogens with one attached hydrogen (secondary N) is 1. The van der Waals surface area contributed by atoms with E-state index in [2.05, 4.69) is 15.3 Å². The summed E-state index contributed by atoms with van der Waals surface area (Å²) in [7, 11) is 0. The predicted octanol–water partition coefficient (Wildman–Crippen LogP) is 3.82. The Morgan fingerprint density at radius 1 is 1.07 bits per heavy atom. The molecule has 0 radical (unpaired) electrons. The summed E-state index contributed by atoms with van der Waals surface area (Å²) in [5.74, 6) is 0.298. The molecule has 1 unspecified atom stereocenters. The summed E-state index contributed by atoms with van der Waals surface area (Å²) in [6.45, 7) is 1.96. The highest BCUT2D eigenvalue weighted by atomic mass is 19.1. The largest absolute Gasteiger partial charge is 0.352 e. The molecule has 2 heterocycles. The van der Waals surface area contributed by atoms with Crippen molar-refractivity contribution in [3.63, 3.8) is 0 Å². The van der Waals surface area contributed by atoms with Crippen molar-refractivity contribution in [3.8, 4) is 11.1 Å². The van der Waals surface area contributed by atoms with Gasteiger partial charge in [0, 0.05) is 37.6 Å². The number of amides is 1. The molecule has 1 N–H and O–H groups in total. The number of hydrogen-bond acceptors (Lipinski definition) is 4. The van der Waals surface area contributed by atoms with Gasteiger partial charge in [-0.3, -0.25) is 4.79 Å². The minimum absolute atomic E-state index is 0.0648. The van der Waals surface area contributed by atoms with E-state index in [-0.39, 0.29) is 17.6 Å². The molecule has 2 aromatic carbocycles. The fourth-order valence-corrected chi connectivity index (χ4v) is 3.60. The number of piperidine rings is 1. The lowest BCUT2D eigenvalue weighted by Crippen LogP contribution is -2.43. The SMILES string of the molecule is O=C(NCc1ccccc1)C1CCCN(c2ncc(-c3cccc(F)c3)cn2)C1. The molecule has 0 saturated carbocycles. The highest BCUT2D eigenvalue weighted by Crippen LogP contribution is 2.23. The summed E-state index contributed by atoms with van der Waals surface area (Å²) in [4.78, 5) is 23.6. The molecular weight excluding hydrogens is 367 g/mol. The lowest BCUT2D eigenvalue weighted by Gasteiger charge is -2.32. The molecule has 1 fully saturated rings. The third-order valence-corrected chi connectivity index (χ3v) is 5.18. The number of anilines is 1. The number of rotatable bonds is 5. The van der Waals surface area contributed by atoms with E-state index >= 15 is 0 Å². The molecule has 0 spiro atoms. The second-order valence-electron chi connectivity index (χ2n) is 7.27. The van der Waals surface area contributed by atoms with Crippen LogP contribution in [0.25, 0.3) is 11.1 Å². The fourth-order valence-electron chi connectivity index (χ4n) is 3.60. The maximum Gasteiger partial charge on any atom is 0.225 e. The van der Waals surface area contributed by atoms with Gasteiger partial charge in [0.25, 0.3) is 0 Å². The summed E-state index contributed by atoms with van der Waals surface area (Å²) in [5, 5.41) is 3.03. The third kappa shape index (κ3) is 4.77. The van der Waals surface area contributed by atoms with Crippen molar-refractivity contribution in [2.24, 2.45) is 5.92 Å². The highest BCUT2D eigenvalue weighted by Gasteiger charge is 2.27. The van der Waals surface area contributed by atoms with Crippen molar-refractivity contribution in [2.45, 2.75) is 19.4 Å². The van der Waals surface area contributed by atoms with Crippen LogP contribution in [0.15, 0.2) is 67.0 Å². The first-order valence-corrected chi connectivity index (χ1v) is 9.83. The summed E-state index contributed by atoms with van der Waals surface area (Å²) in [5.41, 5.74) is 2.60. The molecule has 6 heteroatoms. The Kier molecular flexibility index (Phi) is 5.79. The van der Waals surface area contributed by atoms with Crippen LogP contribution in [0.2, 0.25) is 0 Å². The third-order valence-electron chi connectivity index (χ3n) is 5.18. The Bertz CT molecular complexity index is 962. The zero-order valence-electron chi connectivity index (χ0n) is 16.1. The van der Waals surface area contributed by atoms with Crippen LogP contribution >= 0.6 is 0 Å². The normalized spacial score (nSPS) is 16.4. The number of halogens is 1. The van der Waals surface area contributed by atoms with E-state index < -0.39 is 0 Å². The molecule has 3 aromatic rings. The number of hydrogen-bond donors (Lipinski definition) is 1. The average molecular weight is 390 g/mol. The van der Waals surface area contributed by atoms with Crippen LogP contribution in [0.3, 0.4) is 0 Å². The van der Waals surface area contributed by atoms with Gasteiger partial charge in [-0.05, 0) is 36.1 Å². The predicted molar refractivity (Wildman–Crippen MR) is 111 cm³/mol. The smallest absolute Gasteiger partial charge is 0.225 e. The molecule has 0 aliphatic carbocycles. The molecule has 1 aromatic heterocycles. The topological polar surface area (TPSA) is 58.1 Å². The van der Waals surface area contributed by atoms with Crippen molar-refractivity contribution in [1.82, 2.24) is 15.3 Å². The van der Waals surface area contributed by atoms with Crippen LogP contribution in [0.1, 0.15) is 18.4 Å². The van der Waals surface area contributed by atoms with Crippen LogP contribution in [-0.4, -0.2) is 29.0 Å². The van der Waals surface area contributed by atoms with Gasteiger partial charge in [0.1, 0.15) is 5.82 Å². The molecular formula is C23H23FN4O. The molecule has 1 aliphatic rings. The van der Waals surface area contributed by atoms with E-state index in [0.29, 0.717) is 19.0 Å². The van der Waals surface area contributed by atoms with E-state index in [1.54, 1.807) is 18.5 Å². The first-order chi connectivity index (χ1) is 14.2. The molecule has 29 heavy (non-hydrogen) atoms. The van der Waals surface area contributed by atoms with Gasteiger partial charge < -0.3 is 10.2 Å². The molecule has 1 saturated heterocycles. The number of carbonyl (C=O) groups is 1. The molecule has 1 atom stereocenters. The first-order valence-electron chi connectivity index (χ1n) is 9.83. The first kappa shape index (κ1) is 19.1. The molecule has 1 amide bonds. The van der Waals surface area contributed by atoms with Crippen molar-refractivity contribution in [3.05, 3.63) is 78.4 Å². The van der Waals surface area contributed by atoms with Crippen LogP contribution in [0.5, 0.6) is 0 Å². The Morgan fingerprint density at radius 2 is 1.86 bits per heavy atom. The van der Waals surface area contributed by atoms with Gasteiger partial charge in [-0.2, -0.15) is 0 Å². The maximum atomic E-state index is 13.4. The number of carbonyl (C=O) groups excluding carboxylic acids is 1. The van der Waals surface area contributed by atoms with Crippen molar-refractivity contribution >= 4 is 11.9 Å².